The molecule has 0 aliphatic carbocycles. The number of likely N-dealkylation sites (tertiary alicyclic amines) is 1. The summed E-state index contributed by atoms with van der Waals surface area (Å²) in [7, 11) is -3.95. The fourth-order valence-corrected chi connectivity index (χ4v) is 9.60. The third-order valence-corrected chi connectivity index (χ3v) is 12.4. The number of aryl methyl sites for hydroxylation is 1. The molecule has 2 amide bonds. The third kappa shape index (κ3) is 6.09. The van der Waals surface area contributed by atoms with Crippen LogP contribution in [0, 0.1) is 6.92 Å². The number of nitrogens with zero attached hydrogens (tertiary/aromatic N) is 4. The van der Waals surface area contributed by atoms with Crippen molar-refractivity contribution in [1.82, 2.24) is 24.1 Å². The van der Waals surface area contributed by atoms with Gasteiger partial charge in [0.1, 0.15) is 5.82 Å². The van der Waals surface area contributed by atoms with E-state index >= 15 is 0 Å². The lowest BCUT2D eigenvalue weighted by Gasteiger charge is -2.45. The normalized spacial score (nSPS) is 22.8. The highest BCUT2D eigenvalue weighted by molar-refractivity contribution is 7.90. The highest BCUT2D eigenvalue weighted by Crippen LogP contribution is 2.45. The summed E-state index contributed by atoms with van der Waals surface area (Å²) in [6.07, 6.45) is 7.62. The molecule has 4 heterocycles. The number of fused-ring (bicyclic) bond motifs is 3. The SMILES string of the molecule is CC(=O)NS(=O)(=O)c1ccc(C(=O)N2CCC(CCN3C4CCC3CC(n3c(C)nc5ccccc53)C4)(c3ccccc3)CC2)cc1. The molecule has 7 rings (SSSR count). The predicted octanol–water partition coefficient (Wildman–Crippen LogP) is 5.60. The molecule has 2 atom stereocenters. The molecule has 3 saturated heterocycles. The van der Waals surface area contributed by atoms with E-state index in [1.165, 1.54) is 48.2 Å². The number of nitrogens with one attached hydrogen (secondary N) is 1. The maximum Gasteiger partial charge on any atom is 0.264 e. The van der Waals surface area contributed by atoms with E-state index in [2.05, 4.69) is 71.0 Å². The molecule has 1 aromatic heterocycles. The highest BCUT2D eigenvalue weighted by atomic mass is 32.2. The largest absolute Gasteiger partial charge is 0.339 e. The average Bonchev–Trinajstić information content (AvgIpc) is 3.53. The Kier molecular flexibility index (Phi) is 8.42. The molecule has 4 aromatic rings. The standard InChI is InChI=1S/C37H43N5O4S/c1-26-38-34-10-6-7-11-35(34)42(26)32-24-30-14-15-31(25-32)41(30)23-20-37(29-8-4-3-5-9-29)18-21-40(22-19-37)36(44)28-12-16-33(17-13-28)47(45,46)39-27(2)43/h3-13,16-17,30-32H,14-15,18-25H2,1-2H3,(H,39,43). The molecule has 0 radical (unpaired) electrons. The van der Waals surface area contributed by atoms with Gasteiger partial charge in [-0.3, -0.25) is 14.5 Å². The van der Waals surface area contributed by atoms with Crippen molar-refractivity contribution in [3.05, 3.63) is 95.8 Å². The van der Waals surface area contributed by atoms with E-state index in [0.717, 1.165) is 56.9 Å². The number of sulfonamides is 1. The predicted molar refractivity (Wildman–Crippen MR) is 182 cm³/mol. The molecule has 3 fully saturated rings. The van der Waals surface area contributed by atoms with Gasteiger partial charge < -0.3 is 9.47 Å². The van der Waals surface area contributed by atoms with Crippen molar-refractivity contribution in [3.8, 4) is 0 Å². The molecule has 2 bridgehead atoms. The average molecular weight is 654 g/mol. The number of hydrogen-bond donors (Lipinski definition) is 1. The van der Waals surface area contributed by atoms with Gasteiger partial charge in [0.2, 0.25) is 5.91 Å². The Balaban J connectivity index is 1.03. The minimum atomic E-state index is -3.95. The van der Waals surface area contributed by atoms with Gasteiger partial charge in [0.05, 0.1) is 15.9 Å². The van der Waals surface area contributed by atoms with Crippen molar-refractivity contribution in [2.24, 2.45) is 0 Å². The summed E-state index contributed by atoms with van der Waals surface area (Å²) in [4.78, 5) is 34.3. The molecule has 3 aliphatic heterocycles. The van der Waals surface area contributed by atoms with E-state index in [9.17, 15) is 18.0 Å². The van der Waals surface area contributed by atoms with Gasteiger partial charge in [0.15, 0.2) is 0 Å². The topological polar surface area (TPSA) is 105 Å². The van der Waals surface area contributed by atoms with Crippen molar-refractivity contribution < 1.29 is 18.0 Å². The number of imidazole rings is 1. The van der Waals surface area contributed by atoms with Crippen LogP contribution in [0.1, 0.15) is 79.7 Å². The molecule has 0 spiro atoms. The molecule has 10 heteroatoms. The molecule has 9 nitrogen and oxygen atoms in total. The Labute approximate surface area is 277 Å². The molecule has 3 aliphatic rings. The zero-order chi connectivity index (χ0) is 32.8. The molecule has 1 N–H and O–H groups in total. The van der Waals surface area contributed by atoms with Crippen LogP contribution in [-0.2, 0) is 20.2 Å². The second kappa shape index (κ2) is 12.5. The first-order chi connectivity index (χ1) is 22.6. The molecule has 47 heavy (non-hydrogen) atoms. The summed E-state index contributed by atoms with van der Waals surface area (Å²) in [5.41, 5.74) is 4.11. The maximum absolute atomic E-state index is 13.5. The minimum Gasteiger partial charge on any atom is -0.339 e. The van der Waals surface area contributed by atoms with Crippen LogP contribution >= 0.6 is 0 Å². The minimum absolute atomic E-state index is 0.0121. The zero-order valence-electron chi connectivity index (χ0n) is 27.1. The van der Waals surface area contributed by atoms with Gasteiger partial charge in [-0.15, -0.1) is 0 Å². The van der Waals surface area contributed by atoms with E-state index in [1.807, 2.05) is 9.62 Å². The number of hydrogen-bond acceptors (Lipinski definition) is 6. The number of carbonyl (C=O) groups is 2. The van der Waals surface area contributed by atoms with Gasteiger partial charge in [-0.25, -0.2) is 18.1 Å². The van der Waals surface area contributed by atoms with Gasteiger partial charge in [-0.1, -0.05) is 42.5 Å². The summed E-state index contributed by atoms with van der Waals surface area (Å²) >= 11 is 0. The molecule has 246 valence electrons. The van der Waals surface area contributed by atoms with Crippen LogP contribution < -0.4 is 4.72 Å². The number of benzene rings is 3. The van der Waals surface area contributed by atoms with Crippen LogP contribution in [0.4, 0.5) is 0 Å². The van der Waals surface area contributed by atoms with Gasteiger partial charge in [0, 0.05) is 43.7 Å². The van der Waals surface area contributed by atoms with Crippen molar-refractivity contribution >= 4 is 32.9 Å². The van der Waals surface area contributed by atoms with E-state index < -0.39 is 15.9 Å². The summed E-state index contributed by atoms with van der Waals surface area (Å²) in [6.45, 7) is 5.63. The highest BCUT2D eigenvalue weighted by Gasteiger charge is 2.44. The Morgan fingerprint density at radius 1 is 0.872 bits per heavy atom. The Hall–Kier alpha value is -4.02. The summed E-state index contributed by atoms with van der Waals surface area (Å²) in [5, 5.41) is 0. The number of carbonyl (C=O) groups excluding carboxylic acids is 2. The van der Waals surface area contributed by atoms with Crippen LogP contribution in [0.3, 0.4) is 0 Å². The second-order valence-electron chi connectivity index (χ2n) is 13.6. The van der Waals surface area contributed by atoms with Gasteiger partial charge >= 0.3 is 0 Å². The smallest absolute Gasteiger partial charge is 0.264 e. The van der Waals surface area contributed by atoms with Crippen molar-refractivity contribution in [2.45, 2.75) is 87.2 Å². The molecule has 3 aromatic carbocycles. The lowest BCUT2D eigenvalue weighted by Crippen LogP contribution is -2.49. The number of rotatable bonds is 8. The van der Waals surface area contributed by atoms with Crippen molar-refractivity contribution in [1.29, 1.82) is 0 Å². The van der Waals surface area contributed by atoms with Crippen LogP contribution in [0.2, 0.25) is 0 Å². The number of amides is 2. The molecular formula is C37H43N5O4S. The third-order valence-electron chi connectivity index (χ3n) is 10.9. The first-order valence-corrected chi connectivity index (χ1v) is 18.3. The number of para-hydroxylation sites is 2. The summed E-state index contributed by atoms with van der Waals surface area (Å²) in [6, 6.07) is 26.8. The van der Waals surface area contributed by atoms with Gasteiger partial charge in [-0.2, -0.15) is 0 Å². The van der Waals surface area contributed by atoms with E-state index in [-0.39, 0.29) is 16.2 Å². The second-order valence-corrected chi connectivity index (χ2v) is 15.3. The fourth-order valence-electron chi connectivity index (χ4n) is 8.61. The Morgan fingerprint density at radius 2 is 1.51 bits per heavy atom. The van der Waals surface area contributed by atoms with Crippen LogP contribution in [0.5, 0.6) is 0 Å². The van der Waals surface area contributed by atoms with Crippen molar-refractivity contribution in [3.63, 3.8) is 0 Å². The lowest BCUT2D eigenvalue weighted by molar-refractivity contribution is -0.117. The fraction of sp³-hybridized carbons (Fsp3) is 0.432. The molecular weight excluding hydrogens is 611 g/mol. The monoisotopic (exact) mass is 653 g/mol. The zero-order valence-corrected chi connectivity index (χ0v) is 28.0. The lowest BCUT2D eigenvalue weighted by atomic mass is 9.70. The number of aromatic nitrogens is 2. The first-order valence-electron chi connectivity index (χ1n) is 16.8. The van der Waals surface area contributed by atoms with Crippen molar-refractivity contribution in [2.75, 3.05) is 19.6 Å². The van der Waals surface area contributed by atoms with Gasteiger partial charge in [-0.05, 0) is 106 Å². The summed E-state index contributed by atoms with van der Waals surface area (Å²) < 4.78 is 29.2. The molecule has 0 saturated carbocycles. The summed E-state index contributed by atoms with van der Waals surface area (Å²) in [5.74, 6) is 0.354. The Morgan fingerprint density at radius 3 is 2.17 bits per heavy atom. The first kappa shape index (κ1) is 31.6. The quantitative estimate of drug-likeness (QED) is 0.266. The van der Waals surface area contributed by atoms with Crippen LogP contribution in [0.25, 0.3) is 11.0 Å². The van der Waals surface area contributed by atoms with E-state index in [4.69, 9.17) is 4.98 Å². The van der Waals surface area contributed by atoms with Crippen LogP contribution in [0.15, 0.2) is 83.8 Å². The molecule has 2 unspecified atom stereocenters. The Bertz CT molecular complexity index is 1870. The van der Waals surface area contributed by atoms with E-state index in [0.29, 0.717) is 36.8 Å². The number of piperidine rings is 2. The maximum atomic E-state index is 13.5. The van der Waals surface area contributed by atoms with Gasteiger partial charge in [0.25, 0.3) is 15.9 Å². The van der Waals surface area contributed by atoms with Crippen LogP contribution in [-0.4, -0.2) is 71.3 Å². The van der Waals surface area contributed by atoms with E-state index in [1.54, 1.807) is 0 Å².